The van der Waals surface area contributed by atoms with E-state index in [1.807, 2.05) is 71.6 Å². The molecule has 2 aromatic carbocycles. The van der Waals surface area contributed by atoms with Gasteiger partial charge in [-0.1, -0.05) is 18.2 Å². The van der Waals surface area contributed by atoms with E-state index in [1.54, 1.807) is 12.3 Å². The van der Waals surface area contributed by atoms with Crippen LogP contribution in [0.25, 0.3) is 16.3 Å². The Kier molecular flexibility index (Phi) is 5.58. The van der Waals surface area contributed by atoms with E-state index < -0.39 is 5.97 Å². The molecular formula is C25H20N4O3S. The zero-order chi connectivity index (χ0) is 22.8. The average molecular weight is 457 g/mol. The summed E-state index contributed by atoms with van der Waals surface area (Å²) in [7, 11) is 0. The number of aliphatic imine (C=N–C) groups is 1. The Hall–Kier alpha value is -4.04. The van der Waals surface area contributed by atoms with E-state index in [4.69, 9.17) is 9.73 Å². The topological polar surface area (TPSA) is 85.6 Å². The third-order valence-electron chi connectivity index (χ3n) is 5.17. The van der Waals surface area contributed by atoms with Crippen molar-refractivity contribution in [3.05, 3.63) is 83.6 Å². The Morgan fingerprint density at radius 2 is 1.94 bits per heavy atom. The largest absolute Gasteiger partial charge is 0.461 e. The Balaban J connectivity index is 1.48. The molecule has 0 fully saturated rings. The molecule has 0 aliphatic carbocycles. The van der Waals surface area contributed by atoms with Gasteiger partial charge in [0.05, 0.1) is 30.1 Å². The van der Waals surface area contributed by atoms with Crippen molar-refractivity contribution in [1.82, 2.24) is 9.55 Å². The maximum Gasteiger partial charge on any atom is 0.357 e. The molecule has 4 aromatic rings. The van der Waals surface area contributed by atoms with Crippen molar-refractivity contribution in [1.29, 1.82) is 0 Å². The van der Waals surface area contributed by atoms with Crippen LogP contribution in [0.1, 0.15) is 29.4 Å². The van der Waals surface area contributed by atoms with E-state index in [2.05, 4.69) is 10.3 Å². The number of benzene rings is 2. The van der Waals surface area contributed by atoms with Crippen molar-refractivity contribution in [2.24, 2.45) is 4.99 Å². The molecule has 0 unspecified atom stereocenters. The number of esters is 1. The number of aromatic nitrogens is 2. The molecule has 7 nitrogen and oxygen atoms in total. The Morgan fingerprint density at radius 3 is 2.76 bits per heavy atom. The highest BCUT2D eigenvalue weighted by molar-refractivity contribution is 7.13. The SMILES string of the molecule is CCOC(=O)c1csc(-c2cccc(C3=Nc4ccc(-n5cccc5)cc4NC(=O)C3)c2)n1. The van der Waals surface area contributed by atoms with Gasteiger partial charge < -0.3 is 14.6 Å². The van der Waals surface area contributed by atoms with Crippen molar-refractivity contribution in [2.45, 2.75) is 13.3 Å². The van der Waals surface area contributed by atoms with Crippen molar-refractivity contribution in [3.63, 3.8) is 0 Å². The van der Waals surface area contributed by atoms with Gasteiger partial charge in [0, 0.05) is 29.0 Å². The zero-order valence-corrected chi connectivity index (χ0v) is 18.6. The lowest BCUT2D eigenvalue weighted by molar-refractivity contribution is -0.115. The summed E-state index contributed by atoms with van der Waals surface area (Å²) in [4.78, 5) is 33.8. The van der Waals surface area contributed by atoms with Crippen LogP contribution in [0.2, 0.25) is 0 Å². The van der Waals surface area contributed by atoms with Gasteiger partial charge in [0.25, 0.3) is 0 Å². The van der Waals surface area contributed by atoms with Crippen LogP contribution in [0.4, 0.5) is 11.4 Å². The average Bonchev–Trinajstić information content (AvgIpc) is 3.50. The lowest BCUT2D eigenvalue weighted by Gasteiger charge is -2.08. The molecule has 3 heterocycles. The van der Waals surface area contributed by atoms with Gasteiger partial charge in [-0.25, -0.2) is 9.78 Å². The molecule has 1 amide bonds. The number of ether oxygens (including phenoxy) is 1. The fourth-order valence-corrected chi connectivity index (χ4v) is 4.41. The van der Waals surface area contributed by atoms with Crippen LogP contribution in [-0.2, 0) is 9.53 Å². The maximum absolute atomic E-state index is 12.7. The van der Waals surface area contributed by atoms with Gasteiger partial charge in [-0.3, -0.25) is 9.79 Å². The van der Waals surface area contributed by atoms with Crippen LogP contribution in [-0.4, -0.2) is 33.7 Å². The molecule has 0 saturated heterocycles. The minimum absolute atomic E-state index is 0.124. The number of amides is 1. The highest BCUT2D eigenvalue weighted by atomic mass is 32.1. The second-order valence-electron chi connectivity index (χ2n) is 7.41. The van der Waals surface area contributed by atoms with Crippen LogP contribution in [0.15, 0.2) is 77.4 Å². The van der Waals surface area contributed by atoms with E-state index in [-0.39, 0.29) is 12.3 Å². The molecule has 0 spiro atoms. The molecule has 0 atom stereocenters. The summed E-state index contributed by atoms with van der Waals surface area (Å²) in [6.07, 6.45) is 4.06. The molecule has 1 N–H and O–H groups in total. The first kappa shape index (κ1) is 20.8. The van der Waals surface area contributed by atoms with E-state index >= 15 is 0 Å². The van der Waals surface area contributed by atoms with Crippen molar-refractivity contribution in [2.75, 3.05) is 11.9 Å². The van der Waals surface area contributed by atoms with Gasteiger partial charge in [-0.2, -0.15) is 0 Å². The molecule has 2 aromatic heterocycles. The molecular weight excluding hydrogens is 436 g/mol. The van der Waals surface area contributed by atoms with Gasteiger partial charge in [-0.05, 0) is 48.9 Å². The summed E-state index contributed by atoms with van der Waals surface area (Å²) in [5.74, 6) is -0.557. The fourth-order valence-electron chi connectivity index (χ4n) is 3.62. The number of nitrogens with one attached hydrogen (secondary N) is 1. The van der Waals surface area contributed by atoms with Gasteiger partial charge in [0.1, 0.15) is 5.01 Å². The van der Waals surface area contributed by atoms with Gasteiger partial charge >= 0.3 is 5.97 Å². The summed E-state index contributed by atoms with van der Waals surface area (Å²) >= 11 is 1.37. The molecule has 1 aliphatic rings. The molecule has 0 bridgehead atoms. The molecule has 0 radical (unpaired) electrons. The Morgan fingerprint density at radius 1 is 1.12 bits per heavy atom. The van der Waals surface area contributed by atoms with Crippen LogP contribution in [0.5, 0.6) is 0 Å². The minimum Gasteiger partial charge on any atom is -0.461 e. The Labute approximate surface area is 194 Å². The van der Waals surface area contributed by atoms with Crippen LogP contribution in [0, 0.1) is 0 Å². The lowest BCUT2D eigenvalue weighted by atomic mass is 10.0. The molecule has 5 rings (SSSR count). The number of hydrogen-bond donors (Lipinski definition) is 1. The highest BCUT2D eigenvalue weighted by Crippen LogP contribution is 2.32. The first-order valence-corrected chi connectivity index (χ1v) is 11.4. The summed E-state index contributed by atoms with van der Waals surface area (Å²) in [6, 6.07) is 17.4. The predicted octanol–water partition coefficient (Wildman–Crippen LogP) is 5.24. The summed E-state index contributed by atoms with van der Waals surface area (Å²) in [5.41, 5.74) is 4.97. The number of nitrogens with zero attached hydrogens (tertiary/aromatic N) is 3. The first-order chi connectivity index (χ1) is 16.1. The molecule has 0 saturated carbocycles. The molecule has 1 aliphatic heterocycles. The highest BCUT2D eigenvalue weighted by Gasteiger charge is 2.19. The number of fused-ring (bicyclic) bond motifs is 1. The first-order valence-electron chi connectivity index (χ1n) is 10.5. The van der Waals surface area contributed by atoms with E-state index in [0.717, 1.165) is 16.8 Å². The fraction of sp³-hybridized carbons (Fsp3) is 0.120. The third-order valence-corrected chi connectivity index (χ3v) is 6.06. The van der Waals surface area contributed by atoms with Crippen molar-refractivity contribution < 1.29 is 14.3 Å². The number of rotatable bonds is 5. The standard InChI is InChI=1S/C25H20N4O3S/c1-2-32-25(31)22-15-33-24(28-22)17-7-5-6-16(12-17)20-14-23(30)27-21-13-18(8-9-19(21)26-20)29-10-3-4-11-29/h3-13,15H,2,14H2,1H3,(H,27,30). The summed E-state index contributed by atoms with van der Waals surface area (Å²) in [6.45, 7) is 2.06. The number of carbonyl (C=O) groups is 2. The van der Waals surface area contributed by atoms with Crippen molar-refractivity contribution in [3.8, 4) is 16.3 Å². The second kappa shape index (κ2) is 8.84. The normalized spacial score (nSPS) is 13.0. The lowest BCUT2D eigenvalue weighted by Crippen LogP contribution is -2.15. The number of thiazole rings is 1. The maximum atomic E-state index is 12.7. The zero-order valence-electron chi connectivity index (χ0n) is 17.8. The van der Waals surface area contributed by atoms with Crippen molar-refractivity contribution >= 4 is 40.3 Å². The van der Waals surface area contributed by atoms with Gasteiger partial charge in [0.2, 0.25) is 5.91 Å². The molecule has 8 heteroatoms. The number of anilines is 1. The van der Waals surface area contributed by atoms with E-state index in [0.29, 0.717) is 34.4 Å². The third kappa shape index (κ3) is 4.33. The smallest absolute Gasteiger partial charge is 0.357 e. The van der Waals surface area contributed by atoms with E-state index in [1.165, 1.54) is 11.3 Å². The van der Waals surface area contributed by atoms with Gasteiger partial charge in [-0.15, -0.1) is 11.3 Å². The second-order valence-corrected chi connectivity index (χ2v) is 8.27. The van der Waals surface area contributed by atoms with E-state index in [9.17, 15) is 9.59 Å². The summed E-state index contributed by atoms with van der Waals surface area (Å²) < 4.78 is 7.00. The Bertz CT molecular complexity index is 1370. The minimum atomic E-state index is -0.433. The monoisotopic (exact) mass is 456 g/mol. The quantitative estimate of drug-likeness (QED) is 0.416. The van der Waals surface area contributed by atoms with Gasteiger partial charge in [0.15, 0.2) is 5.69 Å². The summed E-state index contributed by atoms with van der Waals surface area (Å²) in [5, 5.41) is 5.36. The predicted molar refractivity (Wildman–Crippen MR) is 129 cm³/mol. The molecule has 33 heavy (non-hydrogen) atoms. The van der Waals surface area contributed by atoms with Crippen LogP contribution >= 0.6 is 11.3 Å². The molecule has 164 valence electrons. The number of carbonyl (C=O) groups excluding carboxylic acids is 2. The van der Waals surface area contributed by atoms with Crippen LogP contribution in [0.3, 0.4) is 0 Å². The number of hydrogen-bond acceptors (Lipinski definition) is 6. The van der Waals surface area contributed by atoms with Crippen LogP contribution < -0.4 is 5.32 Å².